The van der Waals surface area contributed by atoms with Crippen LogP contribution >= 0.6 is 0 Å². The van der Waals surface area contributed by atoms with Gasteiger partial charge in [0.05, 0.1) is 5.56 Å². The second-order valence-electron chi connectivity index (χ2n) is 4.87. The van der Waals surface area contributed by atoms with E-state index in [-0.39, 0.29) is 18.9 Å². The molecule has 4 nitrogen and oxygen atoms in total. The minimum atomic E-state index is -1.20. The SMILES string of the molecule is O=C(NCC(O)COc1ccc(F)c(F)c1)c1cc(F)ccc1F. The normalized spacial score (nSPS) is 11.9. The molecule has 1 amide bonds. The van der Waals surface area contributed by atoms with Crippen LogP contribution in [0.3, 0.4) is 0 Å². The van der Waals surface area contributed by atoms with Crippen LogP contribution in [0.2, 0.25) is 0 Å². The summed E-state index contributed by atoms with van der Waals surface area (Å²) in [7, 11) is 0. The van der Waals surface area contributed by atoms with E-state index < -0.39 is 40.8 Å². The second-order valence-corrected chi connectivity index (χ2v) is 4.87. The molecule has 0 aliphatic heterocycles. The molecule has 0 heterocycles. The third kappa shape index (κ3) is 4.69. The number of aliphatic hydroxyl groups is 1. The van der Waals surface area contributed by atoms with Gasteiger partial charge in [-0.25, -0.2) is 17.6 Å². The molecular formula is C16H13F4NO3. The van der Waals surface area contributed by atoms with Crippen molar-refractivity contribution in [3.05, 3.63) is 65.2 Å². The van der Waals surface area contributed by atoms with Gasteiger partial charge in [-0.05, 0) is 30.3 Å². The molecule has 0 radical (unpaired) electrons. The molecule has 0 aromatic heterocycles. The van der Waals surface area contributed by atoms with E-state index >= 15 is 0 Å². The number of amides is 1. The van der Waals surface area contributed by atoms with Gasteiger partial charge >= 0.3 is 0 Å². The first-order valence-corrected chi connectivity index (χ1v) is 6.86. The first-order chi connectivity index (χ1) is 11.4. The molecule has 24 heavy (non-hydrogen) atoms. The summed E-state index contributed by atoms with van der Waals surface area (Å²) in [4.78, 5) is 11.7. The van der Waals surface area contributed by atoms with Gasteiger partial charge in [0.15, 0.2) is 11.6 Å². The Morgan fingerprint density at radius 2 is 1.75 bits per heavy atom. The Kier molecular flexibility index (Phi) is 5.75. The van der Waals surface area contributed by atoms with Crippen LogP contribution in [0.15, 0.2) is 36.4 Å². The van der Waals surface area contributed by atoms with Gasteiger partial charge in [0.1, 0.15) is 30.1 Å². The number of rotatable bonds is 6. The van der Waals surface area contributed by atoms with Gasteiger partial charge in [-0.15, -0.1) is 0 Å². The molecule has 0 saturated carbocycles. The smallest absolute Gasteiger partial charge is 0.254 e. The van der Waals surface area contributed by atoms with Crippen LogP contribution in [-0.4, -0.2) is 30.3 Å². The Morgan fingerprint density at radius 3 is 2.46 bits per heavy atom. The molecule has 128 valence electrons. The Labute approximate surface area is 134 Å². The highest BCUT2D eigenvalue weighted by molar-refractivity contribution is 5.94. The van der Waals surface area contributed by atoms with Crippen LogP contribution in [0.5, 0.6) is 5.75 Å². The lowest BCUT2D eigenvalue weighted by Crippen LogP contribution is -2.35. The summed E-state index contributed by atoms with van der Waals surface area (Å²) < 4.78 is 57.2. The molecule has 0 bridgehead atoms. The van der Waals surface area contributed by atoms with Crippen molar-refractivity contribution in [3.63, 3.8) is 0 Å². The molecule has 0 aliphatic carbocycles. The zero-order valence-corrected chi connectivity index (χ0v) is 12.2. The Bertz CT molecular complexity index is 739. The Morgan fingerprint density at radius 1 is 1.04 bits per heavy atom. The standard InChI is InChI=1S/C16H13F4NO3/c17-9-1-3-13(18)12(5-9)16(23)21-7-10(22)8-24-11-2-4-14(19)15(20)6-11/h1-6,10,22H,7-8H2,(H,21,23). The minimum absolute atomic E-state index is 0.00421. The van der Waals surface area contributed by atoms with Gasteiger partial charge in [-0.3, -0.25) is 4.79 Å². The number of hydrogen-bond donors (Lipinski definition) is 2. The lowest BCUT2D eigenvalue weighted by Gasteiger charge is -2.13. The quantitative estimate of drug-likeness (QED) is 0.792. The Balaban J connectivity index is 1.84. The van der Waals surface area contributed by atoms with Crippen molar-refractivity contribution in [1.29, 1.82) is 0 Å². The monoisotopic (exact) mass is 343 g/mol. The fourth-order valence-electron chi connectivity index (χ4n) is 1.80. The number of ether oxygens (including phenoxy) is 1. The number of benzene rings is 2. The summed E-state index contributed by atoms with van der Waals surface area (Å²) in [6, 6.07) is 5.26. The number of aliphatic hydroxyl groups excluding tert-OH is 1. The van der Waals surface area contributed by atoms with Crippen LogP contribution in [0.1, 0.15) is 10.4 Å². The number of hydrogen-bond acceptors (Lipinski definition) is 3. The molecule has 0 spiro atoms. The van der Waals surface area contributed by atoms with E-state index in [4.69, 9.17) is 4.74 Å². The molecule has 0 aliphatic rings. The van der Waals surface area contributed by atoms with Gasteiger partial charge in [0.25, 0.3) is 5.91 Å². The minimum Gasteiger partial charge on any atom is -0.491 e. The maximum Gasteiger partial charge on any atom is 0.254 e. The van der Waals surface area contributed by atoms with Crippen molar-refractivity contribution in [2.75, 3.05) is 13.2 Å². The van der Waals surface area contributed by atoms with Crippen molar-refractivity contribution < 1.29 is 32.2 Å². The third-order valence-electron chi connectivity index (χ3n) is 3.00. The van der Waals surface area contributed by atoms with Gasteiger partial charge < -0.3 is 15.2 Å². The maximum atomic E-state index is 13.4. The van der Waals surface area contributed by atoms with Crippen LogP contribution in [0.25, 0.3) is 0 Å². The zero-order chi connectivity index (χ0) is 17.7. The predicted molar refractivity (Wildman–Crippen MR) is 76.6 cm³/mol. The fraction of sp³-hybridized carbons (Fsp3) is 0.188. The zero-order valence-electron chi connectivity index (χ0n) is 12.2. The second kappa shape index (κ2) is 7.78. The van der Waals surface area contributed by atoms with Crippen LogP contribution in [-0.2, 0) is 0 Å². The molecule has 0 fully saturated rings. The molecular weight excluding hydrogens is 330 g/mol. The van der Waals surface area contributed by atoms with E-state index in [0.717, 1.165) is 30.3 Å². The van der Waals surface area contributed by atoms with E-state index in [1.54, 1.807) is 0 Å². The van der Waals surface area contributed by atoms with Crippen molar-refractivity contribution in [3.8, 4) is 5.75 Å². The fourth-order valence-corrected chi connectivity index (χ4v) is 1.80. The molecule has 1 atom stereocenters. The van der Waals surface area contributed by atoms with Gasteiger partial charge in [0, 0.05) is 12.6 Å². The topological polar surface area (TPSA) is 58.6 Å². The Hall–Kier alpha value is -2.61. The number of nitrogens with one attached hydrogen (secondary N) is 1. The highest BCUT2D eigenvalue weighted by Crippen LogP contribution is 2.15. The summed E-state index contributed by atoms with van der Waals surface area (Å²) in [6.45, 7) is -0.630. The van der Waals surface area contributed by atoms with E-state index in [1.165, 1.54) is 6.07 Å². The molecule has 2 rings (SSSR count). The molecule has 1 unspecified atom stereocenters. The largest absolute Gasteiger partial charge is 0.491 e. The van der Waals surface area contributed by atoms with E-state index in [9.17, 15) is 27.5 Å². The van der Waals surface area contributed by atoms with Crippen molar-refractivity contribution in [1.82, 2.24) is 5.32 Å². The van der Waals surface area contributed by atoms with Gasteiger partial charge in [0.2, 0.25) is 0 Å². The van der Waals surface area contributed by atoms with Gasteiger partial charge in [-0.1, -0.05) is 0 Å². The van der Waals surface area contributed by atoms with Crippen LogP contribution in [0, 0.1) is 23.3 Å². The molecule has 8 heteroatoms. The van der Waals surface area contributed by atoms with E-state index in [1.807, 2.05) is 0 Å². The summed E-state index contributed by atoms with van der Waals surface area (Å²) in [6.07, 6.45) is -1.20. The van der Waals surface area contributed by atoms with Crippen molar-refractivity contribution >= 4 is 5.91 Å². The average Bonchev–Trinajstić information content (AvgIpc) is 2.56. The lowest BCUT2D eigenvalue weighted by molar-refractivity contribution is 0.0839. The maximum absolute atomic E-state index is 13.4. The highest BCUT2D eigenvalue weighted by Gasteiger charge is 2.14. The number of carbonyl (C=O) groups is 1. The number of halogens is 4. The molecule has 2 aromatic rings. The molecule has 2 aromatic carbocycles. The van der Waals surface area contributed by atoms with Crippen molar-refractivity contribution in [2.24, 2.45) is 0 Å². The van der Waals surface area contributed by atoms with E-state index in [0.29, 0.717) is 0 Å². The first-order valence-electron chi connectivity index (χ1n) is 6.86. The van der Waals surface area contributed by atoms with Crippen LogP contribution < -0.4 is 10.1 Å². The average molecular weight is 343 g/mol. The lowest BCUT2D eigenvalue weighted by atomic mass is 10.2. The summed E-state index contributed by atoms with van der Waals surface area (Å²) in [5.74, 6) is -4.72. The van der Waals surface area contributed by atoms with Crippen molar-refractivity contribution in [2.45, 2.75) is 6.10 Å². The highest BCUT2D eigenvalue weighted by atomic mass is 19.2. The summed E-state index contributed by atoms with van der Waals surface area (Å²) in [5.41, 5.74) is -0.497. The first kappa shape index (κ1) is 17.7. The molecule has 2 N–H and O–H groups in total. The summed E-state index contributed by atoms with van der Waals surface area (Å²) in [5, 5.41) is 11.9. The third-order valence-corrected chi connectivity index (χ3v) is 3.00. The van der Waals surface area contributed by atoms with Gasteiger partial charge in [-0.2, -0.15) is 0 Å². The number of carbonyl (C=O) groups excluding carboxylic acids is 1. The predicted octanol–water partition coefficient (Wildman–Crippen LogP) is 2.41. The van der Waals surface area contributed by atoms with Crippen LogP contribution in [0.4, 0.5) is 17.6 Å². The van der Waals surface area contributed by atoms with E-state index in [2.05, 4.69) is 5.32 Å². The molecule has 0 saturated heterocycles. The summed E-state index contributed by atoms with van der Waals surface area (Å²) >= 11 is 0.